The second-order valence-electron chi connectivity index (χ2n) is 2.90. The van der Waals surface area contributed by atoms with E-state index in [0.29, 0.717) is 17.2 Å². The zero-order valence-electron chi connectivity index (χ0n) is 10.6. The second kappa shape index (κ2) is 8.66. The van der Waals surface area contributed by atoms with Gasteiger partial charge in [0.1, 0.15) is 0 Å². The Kier molecular flexibility index (Phi) is 7.92. The van der Waals surface area contributed by atoms with Crippen molar-refractivity contribution in [1.82, 2.24) is 0 Å². The lowest BCUT2D eigenvalue weighted by atomic mass is 10.1. The van der Waals surface area contributed by atoms with E-state index in [1.807, 2.05) is 32.9 Å². The van der Waals surface area contributed by atoms with E-state index in [1.165, 1.54) is 0 Å². The van der Waals surface area contributed by atoms with Gasteiger partial charge >= 0.3 is 5.97 Å². The highest BCUT2D eigenvalue weighted by Crippen LogP contribution is 2.17. The van der Waals surface area contributed by atoms with Crippen LogP contribution in [0.15, 0.2) is 18.2 Å². The average Bonchev–Trinajstić information content (AvgIpc) is 2.31. The number of carbonyl (C=O) groups excluding carboxylic acids is 1. The first-order valence-corrected chi connectivity index (χ1v) is 5.96. The van der Waals surface area contributed by atoms with Crippen LogP contribution in [0.2, 0.25) is 5.02 Å². The van der Waals surface area contributed by atoms with Crippen molar-refractivity contribution in [2.75, 3.05) is 6.61 Å². The Morgan fingerprint density at radius 3 is 2.59 bits per heavy atom. The Balaban J connectivity index is 0.00000121. The summed E-state index contributed by atoms with van der Waals surface area (Å²) in [6.07, 6.45) is 0. The molecule has 0 saturated heterocycles. The Hall–Kier alpha value is -1.46. The summed E-state index contributed by atoms with van der Waals surface area (Å²) in [6, 6.07) is 5.47. The Morgan fingerprint density at radius 1 is 1.41 bits per heavy atom. The molecular weight excluding hydrogens is 236 g/mol. The van der Waals surface area contributed by atoms with Crippen LogP contribution in [0.4, 0.5) is 0 Å². The quantitative estimate of drug-likeness (QED) is 0.564. The third-order valence-corrected chi connectivity index (χ3v) is 2.10. The molecule has 0 fully saturated rings. The van der Waals surface area contributed by atoms with Gasteiger partial charge in [-0.15, -0.1) is 0 Å². The van der Waals surface area contributed by atoms with Crippen molar-refractivity contribution >= 4 is 17.6 Å². The topological polar surface area (TPSA) is 26.3 Å². The number of hydrogen-bond donors (Lipinski definition) is 0. The van der Waals surface area contributed by atoms with Gasteiger partial charge in [-0.2, -0.15) is 0 Å². The van der Waals surface area contributed by atoms with Crippen molar-refractivity contribution < 1.29 is 9.53 Å². The number of aryl methyl sites for hydroxylation is 1. The lowest BCUT2D eigenvalue weighted by Gasteiger charge is -1.99. The van der Waals surface area contributed by atoms with Gasteiger partial charge in [-0.25, -0.2) is 4.79 Å². The standard InChI is InChI=1S/C12H11ClO2.C2H6/c1-3-15-12(14)8-7-10-9(2)5-4-6-11(10)13;1-2/h4-6H,3H2,1-2H3;1-2H3. The first-order valence-electron chi connectivity index (χ1n) is 5.59. The van der Waals surface area contributed by atoms with Crippen LogP contribution in [-0.2, 0) is 9.53 Å². The first kappa shape index (κ1) is 15.5. The highest BCUT2D eigenvalue weighted by molar-refractivity contribution is 6.31. The van der Waals surface area contributed by atoms with Crippen LogP contribution < -0.4 is 0 Å². The van der Waals surface area contributed by atoms with E-state index in [9.17, 15) is 4.79 Å². The molecule has 0 aliphatic heterocycles. The molecule has 1 aromatic rings. The maximum atomic E-state index is 11.0. The van der Waals surface area contributed by atoms with Crippen LogP contribution in [-0.4, -0.2) is 12.6 Å². The molecule has 0 spiro atoms. The van der Waals surface area contributed by atoms with Gasteiger partial charge in [-0.3, -0.25) is 0 Å². The van der Waals surface area contributed by atoms with E-state index in [2.05, 4.69) is 16.6 Å². The van der Waals surface area contributed by atoms with Gasteiger partial charge < -0.3 is 4.74 Å². The van der Waals surface area contributed by atoms with Gasteiger partial charge in [-0.05, 0) is 25.5 Å². The second-order valence-corrected chi connectivity index (χ2v) is 3.31. The fourth-order valence-electron chi connectivity index (χ4n) is 1.07. The van der Waals surface area contributed by atoms with Crippen molar-refractivity contribution in [2.24, 2.45) is 0 Å². The molecule has 17 heavy (non-hydrogen) atoms. The van der Waals surface area contributed by atoms with Crippen LogP contribution in [0.25, 0.3) is 0 Å². The molecule has 0 bridgehead atoms. The smallest absolute Gasteiger partial charge is 0.384 e. The molecule has 1 rings (SSSR count). The summed E-state index contributed by atoms with van der Waals surface area (Å²) in [6.45, 7) is 7.95. The summed E-state index contributed by atoms with van der Waals surface area (Å²) in [5.41, 5.74) is 1.62. The van der Waals surface area contributed by atoms with Gasteiger partial charge in [0.05, 0.1) is 11.6 Å². The largest absolute Gasteiger partial charge is 0.456 e. The molecule has 2 nitrogen and oxygen atoms in total. The maximum Gasteiger partial charge on any atom is 0.384 e. The SMILES string of the molecule is CC.CCOC(=O)C#Cc1c(C)cccc1Cl. The summed E-state index contributed by atoms with van der Waals surface area (Å²) >= 11 is 5.94. The average molecular weight is 253 g/mol. The van der Waals surface area contributed by atoms with Crippen molar-refractivity contribution in [2.45, 2.75) is 27.7 Å². The van der Waals surface area contributed by atoms with E-state index in [-0.39, 0.29) is 0 Å². The Bertz CT molecular complexity index is 407. The fourth-order valence-corrected chi connectivity index (χ4v) is 1.34. The predicted octanol–water partition coefficient (Wildman–Crippen LogP) is 3.59. The van der Waals surface area contributed by atoms with Crippen molar-refractivity contribution in [3.05, 3.63) is 34.3 Å². The van der Waals surface area contributed by atoms with E-state index in [1.54, 1.807) is 13.0 Å². The monoisotopic (exact) mass is 252 g/mol. The van der Waals surface area contributed by atoms with Crippen LogP contribution >= 0.6 is 11.6 Å². The minimum absolute atomic E-state index is 0.328. The van der Waals surface area contributed by atoms with Crippen molar-refractivity contribution in [1.29, 1.82) is 0 Å². The van der Waals surface area contributed by atoms with E-state index >= 15 is 0 Å². The normalized spacial score (nSPS) is 8.29. The van der Waals surface area contributed by atoms with E-state index < -0.39 is 5.97 Å². The summed E-state index contributed by atoms with van der Waals surface area (Å²) < 4.78 is 4.69. The number of esters is 1. The molecule has 1 aromatic carbocycles. The van der Waals surface area contributed by atoms with Gasteiger partial charge in [0, 0.05) is 11.5 Å². The molecule has 0 aromatic heterocycles. The van der Waals surface area contributed by atoms with Crippen LogP contribution in [0.1, 0.15) is 31.9 Å². The van der Waals surface area contributed by atoms with E-state index in [0.717, 1.165) is 5.56 Å². The Morgan fingerprint density at radius 2 is 2.06 bits per heavy atom. The molecule has 0 aliphatic carbocycles. The highest BCUT2D eigenvalue weighted by Gasteiger charge is 2.00. The third kappa shape index (κ3) is 5.42. The molecule has 0 heterocycles. The van der Waals surface area contributed by atoms with Crippen LogP contribution in [0.3, 0.4) is 0 Å². The Labute approximate surface area is 108 Å². The molecule has 3 heteroatoms. The number of carbonyl (C=O) groups is 1. The van der Waals surface area contributed by atoms with Crippen molar-refractivity contribution in [3.8, 4) is 11.8 Å². The van der Waals surface area contributed by atoms with Crippen molar-refractivity contribution in [3.63, 3.8) is 0 Å². The molecule has 0 radical (unpaired) electrons. The third-order valence-electron chi connectivity index (χ3n) is 1.79. The number of halogens is 1. The number of benzene rings is 1. The molecular formula is C14H17ClO2. The minimum Gasteiger partial charge on any atom is -0.456 e. The molecule has 0 saturated carbocycles. The minimum atomic E-state index is -0.531. The first-order chi connectivity index (χ1) is 8.15. The molecule has 0 atom stereocenters. The van der Waals surface area contributed by atoms with Gasteiger partial charge in [0.15, 0.2) is 0 Å². The molecule has 0 amide bonds. The zero-order chi connectivity index (χ0) is 13.3. The maximum absolute atomic E-state index is 11.0. The van der Waals surface area contributed by atoms with Crippen LogP contribution in [0.5, 0.6) is 0 Å². The molecule has 0 N–H and O–H groups in total. The number of rotatable bonds is 1. The van der Waals surface area contributed by atoms with Gasteiger partial charge in [0.2, 0.25) is 0 Å². The highest BCUT2D eigenvalue weighted by atomic mass is 35.5. The number of hydrogen-bond acceptors (Lipinski definition) is 2. The van der Waals surface area contributed by atoms with E-state index in [4.69, 9.17) is 11.6 Å². The van der Waals surface area contributed by atoms with Crippen LogP contribution in [0, 0.1) is 18.8 Å². The van der Waals surface area contributed by atoms with Gasteiger partial charge in [-0.1, -0.05) is 43.5 Å². The van der Waals surface area contributed by atoms with Gasteiger partial charge in [0.25, 0.3) is 0 Å². The lowest BCUT2D eigenvalue weighted by Crippen LogP contribution is -1.99. The summed E-state index contributed by atoms with van der Waals surface area (Å²) in [4.78, 5) is 11.0. The molecule has 0 unspecified atom stereocenters. The predicted molar refractivity (Wildman–Crippen MR) is 71.0 cm³/mol. The lowest BCUT2D eigenvalue weighted by molar-refractivity contribution is -0.136. The zero-order valence-corrected chi connectivity index (χ0v) is 11.4. The summed E-state index contributed by atoms with van der Waals surface area (Å²) in [7, 11) is 0. The summed E-state index contributed by atoms with van der Waals surface area (Å²) in [5.74, 6) is 4.56. The molecule has 92 valence electrons. The fraction of sp³-hybridized carbons (Fsp3) is 0.357. The summed E-state index contributed by atoms with van der Waals surface area (Å²) in [5, 5.41) is 0.548. The molecule has 0 aliphatic rings. The number of ether oxygens (including phenoxy) is 1.